The Morgan fingerprint density at radius 3 is 2.30 bits per heavy atom. The summed E-state index contributed by atoms with van der Waals surface area (Å²) in [5.41, 5.74) is -0.409. The number of nitrogens with zero attached hydrogens (tertiary/aromatic N) is 1. The molecule has 0 bridgehead atoms. The van der Waals surface area contributed by atoms with E-state index in [1.54, 1.807) is 0 Å². The van der Waals surface area contributed by atoms with Gasteiger partial charge in [-0.1, -0.05) is 13.8 Å². The van der Waals surface area contributed by atoms with Crippen LogP contribution in [0.3, 0.4) is 0 Å². The lowest BCUT2D eigenvalue weighted by Crippen LogP contribution is -2.30. The van der Waals surface area contributed by atoms with Gasteiger partial charge >= 0.3 is 0 Å². The molecule has 20 heavy (non-hydrogen) atoms. The van der Waals surface area contributed by atoms with Gasteiger partial charge in [0.15, 0.2) is 5.82 Å². The first-order valence-electron chi connectivity index (χ1n) is 6.32. The van der Waals surface area contributed by atoms with Crippen molar-refractivity contribution in [1.82, 2.24) is 4.31 Å². The Balaban J connectivity index is 2.46. The fourth-order valence-electron chi connectivity index (χ4n) is 2.31. The van der Waals surface area contributed by atoms with E-state index in [4.69, 9.17) is 11.6 Å². The SMILES string of the molecule is CC1CN(S(=O)(=O)c2ccc(F)c(CCl)c2F)CC1C. The summed E-state index contributed by atoms with van der Waals surface area (Å²) in [6.45, 7) is 4.59. The number of rotatable bonds is 3. The zero-order chi connectivity index (χ0) is 15.1. The summed E-state index contributed by atoms with van der Waals surface area (Å²) in [5, 5.41) is 0. The van der Waals surface area contributed by atoms with E-state index in [0.717, 1.165) is 12.1 Å². The zero-order valence-corrected chi connectivity index (χ0v) is 12.8. The summed E-state index contributed by atoms with van der Waals surface area (Å²) in [6, 6.07) is 1.90. The molecule has 1 aromatic rings. The van der Waals surface area contributed by atoms with E-state index in [1.807, 2.05) is 13.8 Å². The Morgan fingerprint density at radius 1 is 1.25 bits per heavy atom. The number of benzene rings is 1. The monoisotopic (exact) mass is 323 g/mol. The minimum absolute atomic E-state index is 0.209. The zero-order valence-electron chi connectivity index (χ0n) is 11.2. The van der Waals surface area contributed by atoms with E-state index in [1.165, 1.54) is 4.31 Å². The van der Waals surface area contributed by atoms with Gasteiger partial charge in [-0.05, 0) is 24.0 Å². The number of hydrogen-bond donors (Lipinski definition) is 0. The lowest BCUT2D eigenvalue weighted by molar-refractivity contribution is 0.454. The molecule has 0 N–H and O–H groups in total. The molecule has 1 heterocycles. The normalized spacial score (nSPS) is 24.2. The quantitative estimate of drug-likeness (QED) is 0.802. The van der Waals surface area contributed by atoms with E-state index in [2.05, 4.69) is 0 Å². The average Bonchev–Trinajstić information content (AvgIpc) is 2.70. The molecule has 0 saturated carbocycles. The van der Waals surface area contributed by atoms with Crippen molar-refractivity contribution in [2.45, 2.75) is 24.6 Å². The van der Waals surface area contributed by atoms with Gasteiger partial charge in [0.05, 0.1) is 5.88 Å². The summed E-state index contributed by atoms with van der Waals surface area (Å²) in [6.07, 6.45) is 0. The molecule has 2 rings (SSSR count). The summed E-state index contributed by atoms with van der Waals surface area (Å²) in [5.74, 6) is -1.92. The second kappa shape index (κ2) is 5.58. The smallest absolute Gasteiger partial charge is 0.207 e. The fraction of sp³-hybridized carbons (Fsp3) is 0.538. The Hall–Kier alpha value is -0.720. The molecule has 1 aliphatic heterocycles. The Labute approximate surface area is 122 Å². The van der Waals surface area contributed by atoms with Gasteiger partial charge in [-0.25, -0.2) is 17.2 Å². The van der Waals surface area contributed by atoms with Gasteiger partial charge in [-0.15, -0.1) is 11.6 Å². The van der Waals surface area contributed by atoms with Crippen LogP contribution in [-0.4, -0.2) is 25.8 Å². The predicted molar refractivity (Wildman–Crippen MR) is 73.0 cm³/mol. The van der Waals surface area contributed by atoms with Gasteiger partial charge in [0.2, 0.25) is 10.0 Å². The third-order valence-corrected chi connectivity index (χ3v) is 5.97. The van der Waals surface area contributed by atoms with Crippen molar-refractivity contribution in [1.29, 1.82) is 0 Å². The fourth-order valence-corrected chi connectivity index (χ4v) is 4.29. The average molecular weight is 324 g/mol. The second-order valence-corrected chi connectivity index (χ2v) is 7.42. The van der Waals surface area contributed by atoms with Gasteiger partial charge in [0.25, 0.3) is 0 Å². The van der Waals surface area contributed by atoms with Crippen molar-refractivity contribution in [3.63, 3.8) is 0 Å². The van der Waals surface area contributed by atoms with E-state index in [9.17, 15) is 17.2 Å². The summed E-state index contributed by atoms with van der Waals surface area (Å²) in [4.78, 5) is -0.504. The van der Waals surface area contributed by atoms with Gasteiger partial charge in [0, 0.05) is 18.7 Å². The van der Waals surface area contributed by atoms with Crippen LogP contribution in [0.5, 0.6) is 0 Å². The first-order valence-corrected chi connectivity index (χ1v) is 8.29. The summed E-state index contributed by atoms with van der Waals surface area (Å²) < 4.78 is 53.7. The van der Waals surface area contributed by atoms with E-state index in [0.29, 0.717) is 13.1 Å². The van der Waals surface area contributed by atoms with Crippen LogP contribution in [0, 0.1) is 23.5 Å². The maximum atomic E-state index is 14.1. The first kappa shape index (κ1) is 15.7. The summed E-state index contributed by atoms with van der Waals surface area (Å²) >= 11 is 5.48. The first-order chi connectivity index (χ1) is 9.28. The van der Waals surface area contributed by atoms with Crippen molar-refractivity contribution in [2.75, 3.05) is 13.1 Å². The highest BCUT2D eigenvalue weighted by atomic mass is 35.5. The molecule has 0 radical (unpaired) electrons. The van der Waals surface area contributed by atoms with Crippen LogP contribution in [-0.2, 0) is 15.9 Å². The lowest BCUT2D eigenvalue weighted by Gasteiger charge is -2.17. The molecular weight excluding hydrogens is 308 g/mol. The number of halogens is 3. The van der Waals surface area contributed by atoms with Crippen molar-refractivity contribution >= 4 is 21.6 Å². The second-order valence-electron chi connectivity index (χ2n) is 5.25. The Morgan fingerprint density at radius 2 is 1.80 bits per heavy atom. The maximum absolute atomic E-state index is 14.1. The van der Waals surface area contributed by atoms with Crippen molar-refractivity contribution in [2.24, 2.45) is 11.8 Å². The van der Waals surface area contributed by atoms with E-state index < -0.39 is 38.0 Å². The largest absolute Gasteiger partial charge is 0.246 e. The van der Waals surface area contributed by atoms with Crippen molar-refractivity contribution in [3.8, 4) is 0 Å². The minimum Gasteiger partial charge on any atom is -0.207 e. The summed E-state index contributed by atoms with van der Waals surface area (Å²) in [7, 11) is -3.95. The van der Waals surface area contributed by atoms with Crippen LogP contribution >= 0.6 is 11.6 Å². The van der Waals surface area contributed by atoms with Gasteiger partial charge < -0.3 is 0 Å². The molecule has 7 heteroatoms. The van der Waals surface area contributed by atoms with E-state index >= 15 is 0 Å². The third-order valence-electron chi connectivity index (χ3n) is 3.86. The highest BCUT2D eigenvalue weighted by Crippen LogP contribution is 2.30. The standard InChI is InChI=1S/C13H16ClF2NO2S/c1-8-6-17(7-9(8)2)20(18,19)12-4-3-11(15)10(5-14)13(12)16/h3-4,8-9H,5-7H2,1-2H3. The molecule has 1 aliphatic rings. The molecule has 1 aromatic carbocycles. The van der Waals surface area contributed by atoms with Crippen LogP contribution in [0.25, 0.3) is 0 Å². The lowest BCUT2D eigenvalue weighted by atomic mass is 10.0. The molecule has 2 atom stereocenters. The van der Waals surface area contributed by atoms with Crippen LogP contribution in [0.2, 0.25) is 0 Å². The highest BCUT2D eigenvalue weighted by molar-refractivity contribution is 7.89. The molecule has 112 valence electrons. The minimum atomic E-state index is -3.95. The molecule has 0 aromatic heterocycles. The van der Waals surface area contributed by atoms with E-state index in [-0.39, 0.29) is 11.8 Å². The number of alkyl halides is 1. The molecule has 1 saturated heterocycles. The molecule has 3 nitrogen and oxygen atoms in total. The van der Waals surface area contributed by atoms with Crippen LogP contribution in [0.15, 0.2) is 17.0 Å². The van der Waals surface area contributed by atoms with Gasteiger partial charge in [-0.2, -0.15) is 4.31 Å². The third kappa shape index (κ3) is 2.56. The topological polar surface area (TPSA) is 37.4 Å². The molecule has 1 fully saturated rings. The molecule has 2 unspecified atom stereocenters. The molecule has 0 spiro atoms. The molecule has 0 amide bonds. The Bertz CT molecular complexity index is 611. The van der Waals surface area contributed by atoms with Crippen molar-refractivity contribution < 1.29 is 17.2 Å². The Kier molecular flexibility index (Phi) is 4.37. The molecule has 0 aliphatic carbocycles. The predicted octanol–water partition coefficient (Wildman–Crippen LogP) is 2.98. The maximum Gasteiger partial charge on any atom is 0.246 e. The highest BCUT2D eigenvalue weighted by Gasteiger charge is 2.37. The molecular formula is C13H16ClF2NO2S. The van der Waals surface area contributed by atoms with Crippen LogP contribution in [0.4, 0.5) is 8.78 Å². The van der Waals surface area contributed by atoms with Gasteiger partial charge in [0.1, 0.15) is 10.7 Å². The number of hydrogen-bond acceptors (Lipinski definition) is 2. The van der Waals surface area contributed by atoms with Crippen LogP contribution in [0.1, 0.15) is 19.4 Å². The van der Waals surface area contributed by atoms with Crippen molar-refractivity contribution in [3.05, 3.63) is 29.3 Å². The van der Waals surface area contributed by atoms with Gasteiger partial charge in [-0.3, -0.25) is 0 Å². The number of sulfonamides is 1. The van der Waals surface area contributed by atoms with Crippen LogP contribution < -0.4 is 0 Å².